The van der Waals surface area contributed by atoms with Gasteiger partial charge in [-0.1, -0.05) is 6.08 Å². The molecule has 1 fully saturated rings. The maximum absolute atomic E-state index is 12.2. The zero-order valence-corrected chi connectivity index (χ0v) is 15.5. The first-order valence-electron chi connectivity index (χ1n) is 8.43. The Morgan fingerprint density at radius 1 is 1.17 bits per heavy atom. The summed E-state index contributed by atoms with van der Waals surface area (Å²) in [5.41, 5.74) is 0. The molecule has 1 aliphatic rings. The number of hydrogen-bond acceptors (Lipinski definition) is 4. The summed E-state index contributed by atoms with van der Waals surface area (Å²) in [7, 11) is 3.94. The van der Waals surface area contributed by atoms with E-state index < -0.39 is 0 Å². The Kier molecular flexibility index (Phi) is 6.99. The second-order valence-electron chi connectivity index (χ2n) is 6.61. The van der Waals surface area contributed by atoms with Crippen LogP contribution < -0.4 is 10.6 Å². The monoisotopic (exact) mass is 349 g/mol. The average Bonchev–Trinajstić information content (AvgIpc) is 2.95. The lowest BCUT2D eigenvalue weighted by Gasteiger charge is -2.29. The number of carbonyl (C=O) groups is 2. The lowest BCUT2D eigenvalue weighted by atomic mass is 9.91. The van der Waals surface area contributed by atoms with Crippen LogP contribution in [-0.2, 0) is 4.79 Å². The van der Waals surface area contributed by atoms with Gasteiger partial charge in [-0.05, 0) is 58.8 Å². The Labute approximate surface area is 148 Å². The number of amides is 2. The van der Waals surface area contributed by atoms with Crippen LogP contribution >= 0.6 is 11.3 Å². The van der Waals surface area contributed by atoms with E-state index >= 15 is 0 Å². The third-order valence-electron chi connectivity index (χ3n) is 4.11. The van der Waals surface area contributed by atoms with Crippen molar-refractivity contribution in [3.8, 4) is 0 Å². The van der Waals surface area contributed by atoms with Gasteiger partial charge in [0, 0.05) is 29.6 Å². The van der Waals surface area contributed by atoms with Crippen LogP contribution in [0.2, 0.25) is 0 Å². The molecule has 0 unspecified atom stereocenters. The van der Waals surface area contributed by atoms with Crippen molar-refractivity contribution in [2.75, 3.05) is 20.6 Å². The summed E-state index contributed by atoms with van der Waals surface area (Å²) in [4.78, 5) is 28.0. The Morgan fingerprint density at radius 2 is 1.79 bits per heavy atom. The molecule has 1 heterocycles. The van der Waals surface area contributed by atoms with Crippen LogP contribution in [0.4, 0.5) is 0 Å². The van der Waals surface area contributed by atoms with Gasteiger partial charge in [0.1, 0.15) is 0 Å². The summed E-state index contributed by atoms with van der Waals surface area (Å²) >= 11 is 1.52. The van der Waals surface area contributed by atoms with Gasteiger partial charge in [-0.25, -0.2) is 0 Å². The van der Waals surface area contributed by atoms with Gasteiger partial charge in [0.15, 0.2) is 0 Å². The predicted octanol–water partition coefficient (Wildman–Crippen LogP) is 2.33. The first-order valence-corrected chi connectivity index (χ1v) is 9.24. The van der Waals surface area contributed by atoms with E-state index in [0.29, 0.717) is 0 Å². The van der Waals surface area contributed by atoms with Crippen LogP contribution in [0.1, 0.15) is 40.2 Å². The van der Waals surface area contributed by atoms with Gasteiger partial charge in [-0.2, -0.15) is 0 Å². The molecule has 6 heteroatoms. The summed E-state index contributed by atoms with van der Waals surface area (Å²) in [6, 6.07) is 4.26. The number of likely N-dealkylation sites (N-methyl/N-ethyl adjacent to an activating group) is 1. The lowest BCUT2D eigenvalue weighted by molar-refractivity contribution is -0.117. The molecule has 0 radical (unpaired) electrons. The fourth-order valence-corrected chi connectivity index (χ4v) is 3.59. The number of carbonyl (C=O) groups excluding carboxylic acids is 2. The van der Waals surface area contributed by atoms with Crippen molar-refractivity contribution in [1.29, 1.82) is 0 Å². The van der Waals surface area contributed by atoms with Crippen LogP contribution in [0.5, 0.6) is 0 Å². The molecule has 2 rings (SSSR count). The third-order valence-corrected chi connectivity index (χ3v) is 5.11. The topological polar surface area (TPSA) is 61.4 Å². The average molecular weight is 350 g/mol. The minimum Gasteiger partial charge on any atom is -0.350 e. The number of aryl methyl sites for hydroxylation is 1. The third kappa shape index (κ3) is 6.09. The Balaban J connectivity index is 1.70. The highest BCUT2D eigenvalue weighted by atomic mass is 32.1. The van der Waals surface area contributed by atoms with Crippen molar-refractivity contribution in [3.05, 3.63) is 34.0 Å². The zero-order chi connectivity index (χ0) is 17.5. The second kappa shape index (κ2) is 8.99. The van der Waals surface area contributed by atoms with Gasteiger partial charge in [0.2, 0.25) is 5.91 Å². The van der Waals surface area contributed by atoms with Gasteiger partial charge in [-0.3, -0.25) is 9.59 Å². The van der Waals surface area contributed by atoms with E-state index in [-0.39, 0.29) is 23.9 Å². The van der Waals surface area contributed by atoms with Gasteiger partial charge < -0.3 is 15.5 Å². The quantitative estimate of drug-likeness (QED) is 0.775. The molecule has 1 aromatic heterocycles. The van der Waals surface area contributed by atoms with Crippen molar-refractivity contribution >= 4 is 23.2 Å². The van der Waals surface area contributed by atoms with Crippen LogP contribution in [0.15, 0.2) is 24.3 Å². The largest absolute Gasteiger partial charge is 0.350 e. The molecule has 0 atom stereocenters. The standard InChI is InChI=1S/C18H27N3O2S/c1-13-6-11-16(24-13)18(23)20-15-9-7-14(8-10-15)19-17(22)5-4-12-21(2)3/h4-6,11,14-15H,7-10,12H2,1-3H3,(H,19,22)(H,20,23)/b5-4+. The molecule has 132 valence electrons. The summed E-state index contributed by atoms with van der Waals surface area (Å²) < 4.78 is 0. The predicted molar refractivity (Wildman–Crippen MR) is 98.4 cm³/mol. The highest BCUT2D eigenvalue weighted by Gasteiger charge is 2.23. The minimum atomic E-state index is -0.0293. The summed E-state index contributed by atoms with van der Waals surface area (Å²) in [6.45, 7) is 2.76. The molecule has 0 saturated heterocycles. The molecule has 24 heavy (non-hydrogen) atoms. The van der Waals surface area contributed by atoms with E-state index in [0.717, 1.165) is 42.0 Å². The van der Waals surface area contributed by atoms with Gasteiger partial charge >= 0.3 is 0 Å². The van der Waals surface area contributed by atoms with Crippen molar-refractivity contribution in [1.82, 2.24) is 15.5 Å². The van der Waals surface area contributed by atoms with E-state index in [1.165, 1.54) is 11.3 Å². The SMILES string of the molecule is Cc1ccc(C(=O)NC2CCC(NC(=O)/C=C/CN(C)C)CC2)s1. The first-order chi connectivity index (χ1) is 11.4. The molecule has 1 aliphatic carbocycles. The first kappa shape index (κ1) is 18.7. The fraction of sp³-hybridized carbons (Fsp3) is 0.556. The highest BCUT2D eigenvalue weighted by molar-refractivity contribution is 7.13. The fourth-order valence-electron chi connectivity index (χ4n) is 2.82. The maximum atomic E-state index is 12.2. The molecule has 1 aromatic rings. The molecule has 0 spiro atoms. The zero-order valence-electron chi connectivity index (χ0n) is 14.7. The Morgan fingerprint density at radius 3 is 2.33 bits per heavy atom. The van der Waals surface area contributed by atoms with Crippen molar-refractivity contribution in [3.63, 3.8) is 0 Å². The molecule has 2 N–H and O–H groups in total. The smallest absolute Gasteiger partial charge is 0.261 e. The number of nitrogens with one attached hydrogen (secondary N) is 2. The van der Waals surface area contributed by atoms with E-state index in [1.807, 2.05) is 44.1 Å². The van der Waals surface area contributed by atoms with E-state index in [2.05, 4.69) is 10.6 Å². The molecule has 1 saturated carbocycles. The van der Waals surface area contributed by atoms with E-state index in [1.54, 1.807) is 6.08 Å². The van der Waals surface area contributed by atoms with Crippen molar-refractivity contribution in [2.24, 2.45) is 0 Å². The van der Waals surface area contributed by atoms with Gasteiger partial charge in [0.05, 0.1) is 4.88 Å². The summed E-state index contributed by atoms with van der Waals surface area (Å²) in [5.74, 6) is -0.00870. The molecule has 0 aromatic carbocycles. The van der Waals surface area contributed by atoms with Crippen LogP contribution in [-0.4, -0.2) is 49.4 Å². The normalized spacial score (nSPS) is 21.2. The molecular weight excluding hydrogens is 322 g/mol. The van der Waals surface area contributed by atoms with Gasteiger partial charge in [0.25, 0.3) is 5.91 Å². The summed E-state index contributed by atoms with van der Waals surface area (Å²) in [6.07, 6.45) is 7.09. The number of thiophene rings is 1. The van der Waals surface area contributed by atoms with Crippen LogP contribution in [0.25, 0.3) is 0 Å². The molecule has 0 bridgehead atoms. The number of nitrogens with zero attached hydrogens (tertiary/aromatic N) is 1. The Bertz CT molecular complexity index is 587. The van der Waals surface area contributed by atoms with Crippen LogP contribution in [0.3, 0.4) is 0 Å². The van der Waals surface area contributed by atoms with E-state index in [9.17, 15) is 9.59 Å². The highest BCUT2D eigenvalue weighted by Crippen LogP contribution is 2.20. The molecule has 0 aliphatic heterocycles. The van der Waals surface area contributed by atoms with E-state index in [4.69, 9.17) is 0 Å². The van der Waals surface area contributed by atoms with Crippen LogP contribution in [0, 0.1) is 6.92 Å². The van der Waals surface area contributed by atoms with Crippen molar-refractivity contribution in [2.45, 2.75) is 44.7 Å². The molecule has 5 nitrogen and oxygen atoms in total. The van der Waals surface area contributed by atoms with Crippen molar-refractivity contribution < 1.29 is 9.59 Å². The lowest BCUT2D eigenvalue weighted by Crippen LogP contribution is -2.43. The maximum Gasteiger partial charge on any atom is 0.261 e. The minimum absolute atomic E-state index is 0.0206. The Hall–Kier alpha value is -1.66. The number of rotatable bonds is 6. The molecular formula is C18H27N3O2S. The number of hydrogen-bond donors (Lipinski definition) is 2. The van der Waals surface area contributed by atoms with Gasteiger partial charge in [-0.15, -0.1) is 11.3 Å². The summed E-state index contributed by atoms with van der Waals surface area (Å²) in [5, 5.41) is 6.15. The second-order valence-corrected chi connectivity index (χ2v) is 7.89. The molecule has 2 amide bonds.